The van der Waals surface area contributed by atoms with Crippen molar-refractivity contribution in [2.75, 3.05) is 25.1 Å². The zero-order valence-corrected chi connectivity index (χ0v) is 17.0. The van der Waals surface area contributed by atoms with E-state index in [1.807, 2.05) is 6.07 Å². The van der Waals surface area contributed by atoms with Crippen LogP contribution in [0.1, 0.15) is 28.8 Å². The first-order chi connectivity index (χ1) is 14.4. The Balaban J connectivity index is 1.51. The third-order valence-corrected chi connectivity index (χ3v) is 6.48. The molecule has 1 unspecified atom stereocenters. The molecule has 1 saturated heterocycles. The second-order valence-electron chi connectivity index (χ2n) is 6.90. The van der Waals surface area contributed by atoms with Gasteiger partial charge < -0.3 is 15.4 Å². The number of carbonyl (C=O) groups is 2. The molecule has 0 aromatic heterocycles. The Bertz CT molecular complexity index is 948. The molecule has 2 amide bonds. The van der Waals surface area contributed by atoms with Crippen LogP contribution in [0, 0.1) is 11.6 Å². The van der Waals surface area contributed by atoms with E-state index in [0.717, 1.165) is 36.6 Å². The average Bonchev–Trinajstić information content (AvgIpc) is 2.75. The highest BCUT2D eigenvalue weighted by molar-refractivity contribution is 7.84. The Morgan fingerprint density at radius 2 is 1.83 bits per heavy atom. The molecule has 1 fully saturated rings. The number of carbonyl (C=O) groups excluding carboxylic acids is 2. The van der Waals surface area contributed by atoms with E-state index in [9.17, 15) is 22.6 Å². The highest BCUT2D eigenvalue weighted by Crippen LogP contribution is 2.19. The molecule has 0 bridgehead atoms. The van der Waals surface area contributed by atoms with Gasteiger partial charge in [-0.3, -0.25) is 13.8 Å². The fourth-order valence-corrected chi connectivity index (χ4v) is 4.53. The van der Waals surface area contributed by atoms with E-state index < -0.39 is 34.2 Å². The predicted molar refractivity (Wildman–Crippen MR) is 109 cm³/mol. The Kier molecular flexibility index (Phi) is 7.64. The van der Waals surface area contributed by atoms with Gasteiger partial charge in [-0.25, -0.2) is 8.78 Å². The molecule has 0 saturated carbocycles. The number of rotatable bonds is 7. The van der Waals surface area contributed by atoms with Crippen molar-refractivity contribution < 1.29 is 27.3 Å². The molecule has 160 valence electrons. The van der Waals surface area contributed by atoms with Crippen LogP contribution in [0.2, 0.25) is 0 Å². The largest absolute Gasteiger partial charge is 0.381 e. The van der Waals surface area contributed by atoms with E-state index >= 15 is 0 Å². The summed E-state index contributed by atoms with van der Waals surface area (Å²) in [7, 11) is -1.02. The topological polar surface area (TPSA) is 84.5 Å². The molecule has 2 N–H and O–H groups in total. The molecular weight excluding hydrogens is 414 g/mol. The molecule has 0 spiro atoms. The molecule has 30 heavy (non-hydrogen) atoms. The van der Waals surface area contributed by atoms with Gasteiger partial charge in [0.25, 0.3) is 5.91 Å². The molecular formula is C21H22F2N2O4S. The van der Waals surface area contributed by atoms with Crippen LogP contribution in [0.5, 0.6) is 0 Å². The van der Waals surface area contributed by atoms with Gasteiger partial charge in [0.15, 0.2) is 11.6 Å². The van der Waals surface area contributed by atoms with Gasteiger partial charge in [0.05, 0.1) is 6.54 Å². The lowest BCUT2D eigenvalue weighted by Crippen LogP contribution is -2.33. The van der Waals surface area contributed by atoms with Crippen LogP contribution in [-0.4, -0.2) is 41.0 Å². The zero-order valence-electron chi connectivity index (χ0n) is 16.2. The molecule has 9 heteroatoms. The van der Waals surface area contributed by atoms with Crippen LogP contribution in [-0.2, 0) is 26.1 Å². The monoisotopic (exact) mass is 436 g/mol. The molecule has 2 aromatic carbocycles. The van der Waals surface area contributed by atoms with Crippen molar-refractivity contribution in [3.05, 3.63) is 65.2 Å². The lowest BCUT2D eigenvalue weighted by atomic mass is 10.2. The van der Waals surface area contributed by atoms with E-state index in [4.69, 9.17) is 4.74 Å². The molecule has 0 aliphatic carbocycles. The molecule has 0 radical (unpaired) electrons. The quantitative estimate of drug-likeness (QED) is 0.699. The van der Waals surface area contributed by atoms with Crippen molar-refractivity contribution in [1.29, 1.82) is 0 Å². The van der Waals surface area contributed by atoms with Crippen molar-refractivity contribution in [2.45, 2.75) is 23.8 Å². The minimum absolute atomic E-state index is 0.0840. The number of halogens is 2. The van der Waals surface area contributed by atoms with E-state index in [0.29, 0.717) is 24.7 Å². The van der Waals surface area contributed by atoms with Crippen molar-refractivity contribution >= 4 is 28.3 Å². The molecule has 6 nitrogen and oxygen atoms in total. The SMILES string of the molecule is O=C(CNC(=O)c1ccc(F)c(F)c1)Nc1cccc(CS(=O)C2CCOCC2)c1. The minimum atomic E-state index is -1.14. The van der Waals surface area contributed by atoms with Crippen molar-refractivity contribution in [2.24, 2.45) is 0 Å². The number of hydrogen-bond acceptors (Lipinski definition) is 4. The first-order valence-electron chi connectivity index (χ1n) is 9.49. The minimum Gasteiger partial charge on any atom is -0.381 e. The maximum Gasteiger partial charge on any atom is 0.251 e. The summed E-state index contributed by atoms with van der Waals surface area (Å²) < 4.78 is 44.0. The van der Waals surface area contributed by atoms with Crippen molar-refractivity contribution in [3.8, 4) is 0 Å². The Labute approximate surface area is 175 Å². The maximum absolute atomic E-state index is 13.2. The van der Waals surface area contributed by atoms with Crippen LogP contribution >= 0.6 is 0 Å². The van der Waals surface area contributed by atoms with E-state index in [-0.39, 0.29) is 17.4 Å². The van der Waals surface area contributed by atoms with Gasteiger partial charge in [-0.05, 0) is 48.7 Å². The number of ether oxygens (including phenoxy) is 1. The second kappa shape index (κ2) is 10.4. The van der Waals surface area contributed by atoms with Crippen LogP contribution < -0.4 is 10.6 Å². The van der Waals surface area contributed by atoms with Gasteiger partial charge in [-0.15, -0.1) is 0 Å². The lowest BCUT2D eigenvalue weighted by molar-refractivity contribution is -0.115. The van der Waals surface area contributed by atoms with Crippen molar-refractivity contribution in [1.82, 2.24) is 5.32 Å². The lowest BCUT2D eigenvalue weighted by Gasteiger charge is -2.21. The van der Waals surface area contributed by atoms with E-state index in [2.05, 4.69) is 10.6 Å². The Morgan fingerprint density at radius 3 is 2.57 bits per heavy atom. The smallest absolute Gasteiger partial charge is 0.251 e. The predicted octanol–water partition coefficient (Wildman–Crippen LogP) is 2.76. The normalized spacial score (nSPS) is 15.4. The standard InChI is InChI=1S/C21H22F2N2O4S/c22-18-5-4-15(11-19(18)23)21(27)24-12-20(26)25-16-3-1-2-14(10-16)13-30(28)17-6-8-29-9-7-17/h1-5,10-11,17H,6-9,12-13H2,(H,24,27)(H,25,26). The van der Waals surface area contributed by atoms with E-state index in [1.54, 1.807) is 18.2 Å². The van der Waals surface area contributed by atoms with Gasteiger partial charge in [-0.1, -0.05) is 12.1 Å². The summed E-state index contributed by atoms with van der Waals surface area (Å²) in [5.74, 6) is -2.97. The first kappa shape index (κ1) is 22.0. The molecule has 3 rings (SSSR count). The van der Waals surface area contributed by atoms with Gasteiger partial charge in [-0.2, -0.15) is 0 Å². The number of amides is 2. The second-order valence-corrected chi connectivity index (χ2v) is 8.61. The summed E-state index contributed by atoms with van der Waals surface area (Å²) in [6, 6.07) is 9.78. The summed E-state index contributed by atoms with van der Waals surface area (Å²) in [6.07, 6.45) is 1.56. The van der Waals surface area contributed by atoms with Crippen molar-refractivity contribution in [3.63, 3.8) is 0 Å². The molecule has 1 heterocycles. The van der Waals surface area contributed by atoms with E-state index in [1.165, 1.54) is 0 Å². The summed E-state index contributed by atoms with van der Waals surface area (Å²) >= 11 is 0. The van der Waals surface area contributed by atoms with Gasteiger partial charge in [0.1, 0.15) is 0 Å². The fourth-order valence-electron chi connectivity index (χ4n) is 3.07. The maximum atomic E-state index is 13.2. The zero-order chi connectivity index (χ0) is 21.5. The highest BCUT2D eigenvalue weighted by atomic mass is 32.2. The van der Waals surface area contributed by atoms with Crippen LogP contribution in [0.15, 0.2) is 42.5 Å². The Hall–Kier alpha value is -2.65. The third kappa shape index (κ3) is 6.17. The van der Waals surface area contributed by atoms with Crippen LogP contribution in [0.25, 0.3) is 0 Å². The summed E-state index contributed by atoms with van der Waals surface area (Å²) in [6.45, 7) is 0.918. The van der Waals surface area contributed by atoms with Gasteiger partial charge >= 0.3 is 0 Å². The van der Waals surface area contributed by atoms with Gasteiger partial charge in [0, 0.05) is 46.3 Å². The molecule has 1 aliphatic rings. The third-order valence-electron chi connectivity index (χ3n) is 4.65. The summed E-state index contributed by atoms with van der Waals surface area (Å²) in [5.41, 5.74) is 1.27. The summed E-state index contributed by atoms with van der Waals surface area (Å²) in [5, 5.41) is 5.13. The fraction of sp³-hybridized carbons (Fsp3) is 0.333. The van der Waals surface area contributed by atoms with Crippen LogP contribution in [0.3, 0.4) is 0 Å². The molecule has 1 atom stereocenters. The number of hydrogen-bond donors (Lipinski definition) is 2. The number of benzene rings is 2. The molecule has 1 aliphatic heterocycles. The average molecular weight is 436 g/mol. The Morgan fingerprint density at radius 1 is 1.07 bits per heavy atom. The van der Waals surface area contributed by atoms with Crippen LogP contribution in [0.4, 0.5) is 14.5 Å². The summed E-state index contributed by atoms with van der Waals surface area (Å²) in [4.78, 5) is 24.1. The number of nitrogens with one attached hydrogen (secondary N) is 2. The molecule has 2 aromatic rings. The number of anilines is 1. The van der Waals surface area contributed by atoms with Gasteiger partial charge in [0.2, 0.25) is 5.91 Å². The first-order valence-corrected chi connectivity index (χ1v) is 10.9. The highest BCUT2D eigenvalue weighted by Gasteiger charge is 2.20.